The van der Waals surface area contributed by atoms with Crippen molar-refractivity contribution in [2.75, 3.05) is 18.5 Å². The third-order valence-electron chi connectivity index (χ3n) is 4.03. The summed E-state index contributed by atoms with van der Waals surface area (Å²) in [7, 11) is 0. The van der Waals surface area contributed by atoms with Crippen LogP contribution in [-0.2, 0) is 11.2 Å². The molecule has 3 rings (SSSR count). The lowest BCUT2D eigenvalue weighted by atomic mass is 10.2. The molecule has 0 aliphatic carbocycles. The molecule has 30 heavy (non-hydrogen) atoms. The first-order chi connectivity index (χ1) is 14.5. The van der Waals surface area contributed by atoms with E-state index in [-0.39, 0.29) is 12.3 Å². The SMILES string of the molecule is CCOc1ccc(-c2noc(CCC(=O)Nc3cc(Cl)cc(Br)c3OCC)n2)cc1. The van der Waals surface area contributed by atoms with Crippen molar-refractivity contribution in [1.82, 2.24) is 10.1 Å². The number of nitrogens with one attached hydrogen (secondary N) is 1. The number of carbonyl (C=O) groups is 1. The van der Waals surface area contributed by atoms with Gasteiger partial charge in [-0.25, -0.2) is 0 Å². The zero-order valence-electron chi connectivity index (χ0n) is 16.6. The summed E-state index contributed by atoms with van der Waals surface area (Å²) in [6.45, 7) is 4.86. The number of nitrogens with zero attached hydrogens (tertiary/aromatic N) is 2. The molecular weight excluding hydrogens is 474 g/mol. The molecule has 1 N–H and O–H groups in total. The summed E-state index contributed by atoms with van der Waals surface area (Å²) in [6, 6.07) is 10.8. The van der Waals surface area contributed by atoms with Gasteiger partial charge in [0.2, 0.25) is 17.6 Å². The predicted octanol–water partition coefficient (Wildman–Crippen LogP) is 5.52. The zero-order valence-corrected chi connectivity index (χ0v) is 18.9. The number of hydrogen-bond acceptors (Lipinski definition) is 6. The Morgan fingerprint density at radius 1 is 1.17 bits per heavy atom. The number of rotatable bonds is 9. The van der Waals surface area contributed by atoms with Crippen LogP contribution in [0.1, 0.15) is 26.2 Å². The van der Waals surface area contributed by atoms with Gasteiger partial charge < -0.3 is 19.3 Å². The molecule has 2 aromatic carbocycles. The van der Waals surface area contributed by atoms with Crippen LogP contribution in [-0.4, -0.2) is 29.3 Å². The summed E-state index contributed by atoms with van der Waals surface area (Å²) in [5.41, 5.74) is 1.31. The molecule has 0 radical (unpaired) electrons. The highest BCUT2D eigenvalue weighted by Crippen LogP contribution is 2.36. The first-order valence-corrected chi connectivity index (χ1v) is 10.6. The van der Waals surface area contributed by atoms with E-state index in [1.807, 2.05) is 38.1 Å². The number of aryl methyl sites for hydroxylation is 1. The van der Waals surface area contributed by atoms with E-state index in [1.165, 1.54) is 0 Å². The van der Waals surface area contributed by atoms with E-state index in [0.717, 1.165) is 11.3 Å². The quantitative estimate of drug-likeness (QED) is 0.421. The molecular formula is C21H21BrClN3O4. The van der Waals surface area contributed by atoms with Gasteiger partial charge in [-0.1, -0.05) is 16.8 Å². The molecule has 1 amide bonds. The predicted molar refractivity (Wildman–Crippen MR) is 118 cm³/mol. The summed E-state index contributed by atoms with van der Waals surface area (Å²) in [5.74, 6) is 1.94. The van der Waals surface area contributed by atoms with Crippen LogP contribution in [0.2, 0.25) is 5.02 Å². The van der Waals surface area contributed by atoms with Crippen molar-refractivity contribution >= 4 is 39.1 Å². The van der Waals surface area contributed by atoms with Gasteiger partial charge >= 0.3 is 0 Å². The lowest BCUT2D eigenvalue weighted by molar-refractivity contribution is -0.116. The van der Waals surface area contributed by atoms with Crippen LogP contribution in [0.25, 0.3) is 11.4 Å². The summed E-state index contributed by atoms with van der Waals surface area (Å²) < 4.78 is 17.0. The van der Waals surface area contributed by atoms with Crippen LogP contribution in [0.15, 0.2) is 45.4 Å². The zero-order chi connectivity index (χ0) is 21.5. The normalized spacial score (nSPS) is 10.7. The van der Waals surface area contributed by atoms with Crippen molar-refractivity contribution in [3.63, 3.8) is 0 Å². The Morgan fingerprint density at radius 3 is 2.60 bits per heavy atom. The van der Waals surface area contributed by atoms with Gasteiger partial charge in [-0.2, -0.15) is 4.98 Å². The topological polar surface area (TPSA) is 86.5 Å². The smallest absolute Gasteiger partial charge is 0.227 e. The third-order valence-corrected chi connectivity index (χ3v) is 4.84. The minimum absolute atomic E-state index is 0.167. The van der Waals surface area contributed by atoms with E-state index in [1.54, 1.807) is 12.1 Å². The second-order valence-electron chi connectivity index (χ2n) is 6.21. The van der Waals surface area contributed by atoms with E-state index in [0.29, 0.717) is 52.3 Å². The molecule has 1 heterocycles. The van der Waals surface area contributed by atoms with Crippen molar-refractivity contribution in [3.05, 3.63) is 51.8 Å². The highest BCUT2D eigenvalue weighted by molar-refractivity contribution is 9.10. The first kappa shape index (κ1) is 22.1. The van der Waals surface area contributed by atoms with Gasteiger partial charge in [0, 0.05) is 23.4 Å². The van der Waals surface area contributed by atoms with Crippen molar-refractivity contribution in [2.45, 2.75) is 26.7 Å². The van der Waals surface area contributed by atoms with E-state index >= 15 is 0 Å². The Hall–Kier alpha value is -2.58. The van der Waals surface area contributed by atoms with Crippen molar-refractivity contribution < 1.29 is 18.8 Å². The van der Waals surface area contributed by atoms with Gasteiger partial charge in [-0.05, 0) is 66.2 Å². The largest absolute Gasteiger partial charge is 0.494 e. The van der Waals surface area contributed by atoms with Crippen LogP contribution in [0.5, 0.6) is 11.5 Å². The lowest BCUT2D eigenvalue weighted by Crippen LogP contribution is -2.13. The van der Waals surface area contributed by atoms with Gasteiger partial charge in [-0.3, -0.25) is 4.79 Å². The fourth-order valence-electron chi connectivity index (χ4n) is 2.72. The van der Waals surface area contributed by atoms with E-state index in [9.17, 15) is 4.79 Å². The minimum atomic E-state index is -0.217. The maximum absolute atomic E-state index is 12.4. The standard InChI is InChI=1S/C21H21BrClN3O4/c1-3-28-15-7-5-13(6-8-15)21-25-19(30-26-21)10-9-18(27)24-17-12-14(23)11-16(22)20(17)29-4-2/h5-8,11-12H,3-4,9-10H2,1-2H3,(H,24,27). The van der Waals surface area contributed by atoms with E-state index in [2.05, 4.69) is 31.4 Å². The van der Waals surface area contributed by atoms with Crippen LogP contribution in [0.4, 0.5) is 5.69 Å². The number of amides is 1. The van der Waals surface area contributed by atoms with Gasteiger partial charge in [0.05, 0.1) is 23.4 Å². The molecule has 0 saturated carbocycles. The Labute approximate surface area is 187 Å². The maximum Gasteiger partial charge on any atom is 0.227 e. The van der Waals surface area contributed by atoms with Gasteiger partial charge in [0.15, 0.2) is 5.75 Å². The molecule has 0 aliphatic rings. The van der Waals surface area contributed by atoms with Crippen molar-refractivity contribution in [3.8, 4) is 22.9 Å². The molecule has 3 aromatic rings. The minimum Gasteiger partial charge on any atom is -0.494 e. The van der Waals surface area contributed by atoms with Crippen LogP contribution >= 0.6 is 27.5 Å². The van der Waals surface area contributed by atoms with Crippen molar-refractivity contribution in [1.29, 1.82) is 0 Å². The Bertz CT molecular complexity index is 1010. The van der Waals surface area contributed by atoms with Crippen LogP contribution < -0.4 is 14.8 Å². The molecule has 7 nitrogen and oxygen atoms in total. The Kier molecular flexibility index (Phi) is 7.70. The number of benzene rings is 2. The fraction of sp³-hybridized carbons (Fsp3) is 0.286. The molecule has 158 valence electrons. The second kappa shape index (κ2) is 10.4. The number of hydrogen-bond donors (Lipinski definition) is 1. The fourth-order valence-corrected chi connectivity index (χ4v) is 3.64. The van der Waals surface area contributed by atoms with Crippen LogP contribution in [0, 0.1) is 0 Å². The number of halogens is 2. The Balaban J connectivity index is 1.61. The van der Waals surface area contributed by atoms with Gasteiger partial charge in [-0.15, -0.1) is 0 Å². The van der Waals surface area contributed by atoms with Crippen LogP contribution in [0.3, 0.4) is 0 Å². The number of aromatic nitrogens is 2. The summed E-state index contributed by atoms with van der Waals surface area (Å²) in [4.78, 5) is 16.8. The average molecular weight is 495 g/mol. The molecule has 0 aliphatic heterocycles. The van der Waals surface area contributed by atoms with E-state index < -0.39 is 0 Å². The van der Waals surface area contributed by atoms with E-state index in [4.69, 9.17) is 25.6 Å². The molecule has 9 heteroatoms. The van der Waals surface area contributed by atoms with Gasteiger partial charge in [0.1, 0.15) is 5.75 Å². The molecule has 0 fully saturated rings. The monoisotopic (exact) mass is 493 g/mol. The summed E-state index contributed by atoms with van der Waals surface area (Å²) in [5, 5.41) is 7.29. The second-order valence-corrected chi connectivity index (χ2v) is 7.51. The van der Waals surface area contributed by atoms with Gasteiger partial charge in [0.25, 0.3) is 0 Å². The molecule has 0 bridgehead atoms. The average Bonchev–Trinajstić information content (AvgIpc) is 3.19. The number of anilines is 1. The lowest BCUT2D eigenvalue weighted by Gasteiger charge is -2.13. The number of ether oxygens (including phenoxy) is 2. The molecule has 0 unspecified atom stereocenters. The molecule has 1 aromatic heterocycles. The molecule has 0 saturated heterocycles. The first-order valence-electron chi connectivity index (χ1n) is 9.47. The Morgan fingerprint density at radius 2 is 1.90 bits per heavy atom. The molecule has 0 spiro atoms. The molecule has 0 atom stereocenters. The third kappa shape index (κ3) is 5.73. The van der Waals surface area contributed by atoms with Crippen molar-refractivity contribution in [2.24, 2.45) is 0 Å². The summed E-state index contributed by atoms with van der Waals surface area (Å²) in [6.07, 6.45) is 0.474. The maximum atomic E-state index is 12.4. The number of carbonyl (C=O) groups excluding carboxylic acids is 1. The highest BCUT2D eigenvalue weighted by Gasteiger charge is 2.15. The highest BCUT2D eigenvalue weighted by atomic mass is 79.9. The summed E-state index contributed by atoms with van der Waals surface area (Å²) >= 11 is 9.49.